The minimum Gasteiger partial charge on any atom is -0.506 e. The topological polar surface area (TPSA) is 40.5 Å². The van der Waals surface area contributed by atoms with Gasteiger partial charge in [-0.15, -0.1) is 0 Å². The number of aliphatic hydroxyl groups is 1. The van der Waals surface area contributed by atoms with E-state index in [1.165, 1.54) is 0 Å². The molecular formula is C10H13ClO2. The van der Waals surface area contributed by atoms with Gasteiger partial charge < -0.3 is 10.2 Å². The van der Waals surface area contributed by atoms with E-state index in [0.29, 0.717) is 5.56 Å². The molecule has 1 aromatic carbocycles. The molecule has 1 aromatic rings. The summed E-state index contributed by atoms with van der Waals surface area (Å²) < 4.78 is 0. The number of rotatable bonds is 1. The molecule has 0 aliphatic heterocycles. The first-order valence-electron chi connectivity index (χ1n) is 4.05. The molecule has 0 bridgehead atoms. The molecule has 0 saturated carbocycles. The van der Waals surface area contributed by atoms with Crippen molar-refractivity contribution in [2.75, 3.05) is 0 Å². The first-order chi connectivity index (χ1) is 5.84. The molecule has 0 saturated heterocycles. The first kappa shape index (κ1) is 10.4. The SMILES string of the molecule is Cc1ccc(Cl)c(O)c1C(C)(C)O. The lowest BCUT2D eigenvalue weighted by Gasteiger charge is -2.22. The zero-order valence-electron chi connectivity index (χ0n) is 7.93. The lowest BCUT2D eigenvalue weighted by atomic mass is 9.93. The Morgan fingerprint density at radius 3 is 2.23 bits per heavy atom. The van der Waals surface area contributed by atoms with Crippen LogP contribution >= 0.6 is 11.6 Å². The van der Waals surface area contributed by atoms with Crippen LogP contribution in [0, 0.1) is 6.92 Å². The van der Waals surface area contributed by atoms with Crippen molar-refractivity contribution in [1.29, 1.82) is 0 Å². The van der Waals surface area contributed by atoms with Crippen molar-refractivity contribution >= 4 is 11.6 Å². The Morgan fingerprint density at radius 2 is 1.85 bits per heavy atom. The van der Waals surface area contributed by atoms with Crippen LogP contribution in [0.1, 0.15) is 25.0 Å². The van der Waals surface area contributed by atoms with Crippen molar-refractivity contribution in [3.63, 3.8) is 0 Å². The maximum absolute atomic E-state index is 9.76. The van der Waals surface area contributed by atoms with Gasteiger partial charge >= 0.3 is 0 Å². The Balaban J connectivity index is 3.43. The van der Waals surface area contributed by atoms with Crippen LogP contribution in [-0.2, 0) is 5.60 Å². The van der Waals surface area contributed by atoms with Crippen LogP contribution in [0.5, 0.6) is 5.75 Å². The van der Waals surface area contributed by atoms with Gasteiger partial charge in [-0.2, -0.15) is 0 Å². The minimum absolute atomic E-state index is 0.0332. The summed E-state index contributed by atoms with van der Waals surface area (Å²) >= 11 is 5.73. The third kappa shape index (κ3) is 1.95. The van der Waals surface area contributed by atoms with Gasteiger partial charge in [0.15, 0.2) is 0 Å². The fourth-order valence-electron chi connectivity index (χ4n) is 1.44. The third-order valence-corrected chi connectivity index (χ3v) is 2.25. The Labute approximate surface area is 82.8 Å². The molecule has 0 unspecified atom stereocenters. The number of benzene rings is 1. The first-order valence-corrected chi connectivity index (χ1v) is 4.42. The highest BCUT2D eigenvalue weighted by Gasteiger charge is 2.23. The minimum atomic E-state index is -1.07. The van der Waals surface area contributed by atoms with Crippen LogP contribution in [0.15, 0.2) is 12.1 Å². The molecule has 3 heteroatoms. The van der Waals surface area contributed by atoms with Gasteiger partial charge in [-0.05, 0) is 32.4 Å². The lowest BCUT2D eigenvalue weighted by Crippen LogP contribution is -2.17. The quantitative estimate of drug-likeness (QED) is 0.732. The summed E-state index contributed by atoms with van der Waals surface area (Å²) in [7, 11) is 0. The highest BCUT2D eigenvalue weighted by Crippen LogP contribution is 2.36. The van der Waals surface area contributed by atoms with Gasteiger partial charge in [0.1, 0.15) is 5.75 Å². The summed E-state index contributed by atoms with van der Waals surface area (Å²) in [5, 5.41) is 19.6. The molecule has 0 spiro atoms. The smallest absolute Gasteiger partial charge is 0.140 e. The predicted octanol–water partition coefficient (Wildman–Crippen LogP) is 2.58. The second-order valence-corrected chi connectivity index (χ2v) is 4.05. The number of aryl methyl sites for hydroxylation is 1. The predicted molar refractivity (Wildman–Crippen MR) is 53.1 cm³/mol. The van der Waals surface area contributed by atoms with Crippen molar-refractivity contribution in [2.45, 2.75) is 26.4 Å². The van der Waals surface area contributed by atoms with Gasteiger partial charge in [-0.1, -0.05) is 17.7 Å². The molecule has 0 atom stereocenters. The Hall–Kier alpha value is -0.730. The second kappa shape index (κ2) is 3.20. The lowest BCUT2D eigenvalue weighted by molar-refractivity contribution is 0.0751. The standard InChI is InChI=1S/C10H13ClO2/c1-6-4-5-7(11)9(12)8(6)10(2,3)13/h4-5,12-13H,1-3H3. The Morgan fingerprint density at radius 1 is 1.31 bits per heavy atom. The van der Waals surface area contributed by atoms with Crippen molar-refractivity contribution < 1.29 is 10.2 Å². The van der Waals surface area contributed by atoms with Gasteiger partial charge in [0.2, 0.25) is 0 Å². The monoisotopic (exact) mass is 200 g/mol. The van der Waals surface area contributed by atoms with Crippen LogP contribution in [0.4, 0.5) is 0 Å². The largest absolute Gasteiger partial charge is 0.506 e. The summed E-state index contributed by atoms with van der Waals surface area (Å²) in [4.78, 5) is 0. The van der Waals surface area contributed by atoms with Gasteiger partial charge in [0.05, 0.1) is 10.6 Å². The van der Waals surface area contributed by atoms with Crippen LogP contribution < -0.4 is 0 Å². The summed E-state index contributed by atoms with van der Waals surface area (Å²) in [6, 6.07) is 3.39. The van der Waals surface area contributed by atoms with E-state index in [-0.39, 0.29) is 10.8 Å². The summed E-state index contributed by atoms with van der Waals surface area (Å²) in [5.41, 5.74) is 0.244. The molecule has 1 rings (SSSR count). The average molecular weight is 201 g/mol. The molecule has 0 aliphatic rings. The van der Waals surface area contributed by atoms with Gasteiger partial charge in [0, 0.05) is 5.56 Å². The number of hydrogen-bond acceptors (Lipinski definition) is 2. The van der Waals surface area contributed by atoms with Gasteiger partial charge in [-0.3, -0.25) is 0 Å². The molecule has 0 amide bonds. The summed E-state index contributed by atoms with van der Waals surface area (Å²) in [5.74, 6) is -0.0332. The maximum atomic E-state index is 9.76. The van der Waals surface area contributed by atoms with E-state index < -0.39 is 5.60 Å². The van der Waals surface area contributed by atoms with Crippen molar-refractivity contribution in [3.8, 4) is 5.75 Å². The number of halogens is 1. The van der Waals surface area contributed by atoms with Crippen LogP contribution in [-0.4, -0.2) is 10.2 Å². The molecule has 13 heavy (non-hydrogen) atoms. The second-order valence-electron chi connectivity index (χ2n) is 3.65. The average Bonchev–Trinajstić information content (AvgIpc) is 1.95. The van der Waals surface area contributed by atoms with Crippen LogP contribution in [0.2, 0.25) is 5.02 Å². The maximum Gasteiger partial charge on any atom is 0.140 e. The normalized spacial score (nSPS) is 11.8. The third-order valence-electron chi connectivity index (χ3n) is 1.95. The molecule has 2 N–H and O–H groups in total. The Kier molecular flexibility index (Phi) is 2.55. The van der Waals surface area contributed by atoms with Gasteiger partial charge in [-0.25, -0.2) is 0 Å². The summed E-state index contributed by atoms with van der Waals surface area (Å²) in [6.45, 7) is 5.06. The van der Waals surface area contributed by atoms with E-state index in [0.717, 1.165) is 5.56 Å². The fourth-order valence-corrected chi connectivity index (χ4v) is 1.60. The number of phenolic OH excluding ortho intramolecular Hbond substituents is 1. The van der Waals surface area contributed by atoms with E-state index in [9.17, 15) is 10.2 Å². The summed E-state index contributed by atoms with van der Waals surface area (Å²) in [6.07, 6.45) is 0. The molecular weight excluding hydrogens is 188 g/mol. The van der Waals surface area contributed by atoms with E-state index in [2.05, 4.69) is 0 Å². The van der Waals surface area contributed by atoms with E-state index in [1.54, 1.807) is 26.0 Å². The zero-order valence-corrected chi connectivity index (χ0v) is 8.68. The van der Waals surface area contributed by atoms with Crippen LogP contribution in [0.3, 0.4) is 0 Å². The highest BCUT2D eigenvalue weighted by molar-refractivity contribution is 6.32. The van der Waals surface area contributed by atoms with Crippen LogP contribution in [0.25, 0.3) is 0 Å². The van der Waals surface area contributed by atoms with Crippen molar-refractivity contribution in [3.05, 3.63) is 28.3 Å². The molecule has 0 fully saturated rings. The van der Waals surface area contributed by atoms with Crippen molar-refractivity contribution in [2.24, 2.45) is 0 Å². The number of hydrogen-bond donors (Lipinski definition) is 2. The number of phenols is 1. The fraction of sp³-hybridized carbons (Fsp3) is 0.400. The zero-order chi connectivity index (χ0) is 10.2. The highest BCUT2D eigenvalue weighted by atomic mass is 35.5. The molecule has 72 valence electrons. The molecule has 0 aromatic heterocycles. The molecule has 0 radical (unpaired) electrons. The number of aromatic hydroxyl groups is 1. The molecule has 0 heterocycles. The molecule has 2 nitrogen and oxygen atoms in total. The molecule has 0 aliphatic carbocycles. The van der Waals surface area contributed by atoms with E-state index in [1.807, 2.05) is 6.92 Å². The Bertz CT molecular complexity index is 326. The van der Waals surface area contributed by atoms with E-state index >= 15 is 0 Å². The van der Waals surface area contributed by atoms with Gasteiger partial charge in [0.25, 0.3) is 0 Å². The van der Waals surface area contributed by atoms with E-state index in [4.69, 9.17) is 11.6 Å². The van der Waals surface area contributed by atoms with Crippen molar-refractivity contribution in [1.82, 2.24) is 0 Å².